The molecule has 2 aromatic rings. The molecule has 0 aliphatic carbocycles. The molecule has 8 nitrogen and oxygen atoms in total. The van der Waals surface area contributed by atoms with Gasteiger partial charge < -0.3 is 10.2 Å². The number of nitrogens with two attached hydrogens (primary N) is 1. The van der Waals surface area contributed by atoms with Gasteiger partial charge in [0.05, 0.1) is 6.07 Å². The molecule has 0 atom stereocenters. The van der Waals surface area contributed by atoms with Gasteiger partial charge in [0, 0.05) is 6.04 Å². The van der Waals surface area contributed by atoms with Gasteiger partial charge in [0.1, 0.15) is 28.1 Å². The highest BCUT2D eigenvalue weighted by Crippen LogP contribution is 2.31. The number of nitrogens with zero attached hydrogens (tertiary/aromatic N) is 4. The van der Waals surface area contributed by atoms with Crippen molar-refractivity contribution in [3.63, 3.8) is 0 Å². The lowest BCUT2D eigenvalue weighted by Crippen LogP contribution is -2.07. The van der Waals surface area contributed by atoms with Gasteiger partial charge in [0.2, 0.25) is 0 Å². The Kier molecular flexibility index (Phi) is 2.96. The summed E-state index contributed by atoms with van der Waals surface area (Å²) in [6.45, 7) is 3.72. The Labute approximate surface area is 108 Å². The number of nitriles is 1. The summed E-state index contributed by atoms with van der Waals surface area (Å²) in [4.78, 5) is 9.92. The van der Waals surface area contributed by atoms with Crippen LogP contribution in [0.15, 0.2) is 16.5 Å². The van der Waals surface area contributed by atoms with E-state index in [9.17, 15) is 10.1 Å². The van der Waals surface area contributed by atoms with Gasteiger partial charge in [-0.1, -0.05) is 0 Å². The van der Waals surface area contributed by atoms with Crippen LogP contribution in [0.4, 0.5) is 11.7 Å². The Morgan fingerprint density at radius 3 is 2.74 bits per heavy atom. The third kappa shape index (κ3) is 2.01. The third-order valence-corrected chi connectivity index (χ3v) is 2.55. The minimum atomic E-state index is -0.654. The van der Waals surface area contributed by atoms with Crippen molar-refractivity contribution in [1.82, 2.24) is 9.78 Å². The largest absolute Gasteiger partial charge is 0.433 e. The van der Waals surface area contributed by atoms with Crippen LogP contribution in [0.25, 0.3) is 11.5 Å². The first-order chi connectivity index (χ1) is 8.95. The molecule has 0 spiro atoms. The van der Waals surface area contributed by atoms with Crippen LogP contribution in [0.5, 0.6) is 0 Å². The maximum atomic E-state index is 10.6. The van der Waals surface area contributed by atoms with E-state index in [4.69, 9.17) is 15.4 Å². The monoisotopic (exact) mass is 261 g/mol. The van der Waals surface area contributed by atoms with E-state index >= 15 is 0 Å². The number of nitrogen functional groups attached to an aromatic ring is 1. The maximum Gasteiger partial charge on any atom is 0.433 e. The maximum absolute atomic E-state index is 10.6. The highest BCUT2D eigenvalue weighted by Gasteiger charge is 2.22. The second-order valence-corrected chi connectivity index (χ2v) is 4.15. The number of hydrogen-bond acceptors (Lipinski definition) is 6. The molecule has 0 aromatic carbocycles. The van der Waals surface area contributed by atoms with E-state index in [1.165, 1.54) is 16.8 Å². The van der Waals surface area contributed by atoms with Crippen LogP contribution in [0.2, 0.25) is 0 Å². The minimum absolute atomic E-state index is 0.0363. The van der Waals surface area contributed by atoms with Gasteiger partial charge in [-0.25, -0.2) is 4.68 Å². The average molecular weight is 261 g/mol. The average Bonchev–Trinajstić information content (AvgIpc) is 2.92. The van der Waals surface area contributed by atoms with Crippen molar-refractivity contribution in [1.29, 1.82) is 5.26 Å². The van der Waals surface area contributed by atoms with Crippen LogP contribution >= 0.6 is 0 Å². The first kappa shape index (κ1) is 12.6. The molecule has 8 heteroatoms. The van der Waals surface area contributed by atoms with Gasteiger partial charge in [0.15, 0.2) is 5.76 Å². The summed E-state index contributed by atoms with van der Waals surface area (Å²) in [5.41, 5.74) is 6.18. The lowest BCUT2D eigenvalue weighted by atomic mass is 10.2. The Hall–Kier alpha value is -2.82. The number of furan rings is 1. The molecule has 0 aliphatic heterocycles. The van der Waals surface area contributed by atoms with E-state index < -0.39 is 10.8 Å². The van der Waals surface area contributed by atoms with Gasteiger partial charge in [-0.2, -0.15) is 10.4 Å². The topological polar surface area (TPSA) is 124 Å². The molecule has 19 heavy (non-hydrogen) atoms. The van der Waals surface area contributed by atoms with E-state index in [2.05, 4.69) is 5.10 Å². The van der Waals surface area contributed by atoms with Gasteiger partial charge >= 0.3 is 5.88 Å². The quantitative estimate of drug-likeness (QED) is 0.666. The first-order valence-electron chi connectivity index (χ1n) is 5.48. The normalized spacial score (nSPS) is 10.6. The van der Waals surface area contributed by atoms with Crippen molar-refractivity contribution in [3.8, 4) is 17.5 Å². The summed E-state index contributed by atoms with van der Waals surface area (Å²) < 4.78 is 6.51. The second-order valence-electron chi connectivity index (χ2n) is 4.15. The fourth-order valence-corrected chi connectivity index (χ4v) is 1.68. The van der Waals surface area contributed by atoms with E-state index in [0.29, 0.717) is 0 Å². The molecular weight excluding hydrogens is 250 g/mol. The van der Waals surface area contributed by atoms with Crippen molar-refractivity contribution in [2.75, 3.05) is 5.73 Å². The number of nitro groups is 1. The molecule has 0 saturated heterocycles. The van der Waals surface area contributed by atoms with Crippen LogP contribution in [0, 0.1) is 21.4 Å². The zero-order valence-electron chi connectivity index (χ0n) is 10.3. The lowest BCUT2D eigenvalue weighted by molar-refractivity contribution is -0.401. The number of aromatic nitrogens is 2. The molecule has 0 bridgehead atoms. The summed E-state index contributed by atoms with van der Waals surface area (Å²) in [5.74, 6) is -0.0440. The molecule has 0 aliphatic rings. The highest BCUT2D eigenvalue weighted by molar-refractivity contribution is 5.69. The zero-order chi connectivity index (χ0) is 14.2. The second kappa shape index (κ2) is 4.45. The fourth-order valence-electron chi connectivity index (χ4n) is 1.68. The van der Waals surface area contributed by atoms with Crippen molar-refractivity contribution in [2.24, 2.45) is 0 Å². The summed E-state index contributed by atoms with van der Waals surface area (Å²) >= 11 is 0. The molecule has 0 fully saturated rings. The highest BCUT2D eigenvalue weighted by atomic mass is 16.6. The molecule has 0 radical (unpaired) electrons. The summed E-state index contributed by atoms with van der Waals surface area (Å²) in [5, 5.41) is 23.9. The Morgan fingerprint density at radius 2 is 2.26 bits per heavy atom. The predicted octanol–water partition coefficient (Wildman–Crippen LogP) is 2.09. The Morgan fingerprint density at radius 1 is 1.58 bits per heavy atom. The number of hydrogen-bond donors (Lipinski definition) is 1. The van der Waals surface area contributed by atoms with E-state index in [0.717, 1.165) is 0 Å². The molecule has 2 rings (SSSR count). The molecule has 2 N–H and O–H groups in total. The molecule has 0 amide bonds. The Bertz CT molecular complexity index is 677. The van der Waals surface area contributed by atoms with Crippen LogP contribution in [-0.4, -0.2) is 14.7 Å². The minimum Gasteiger partial charge on any atom is -0.399 e. The number of rotatable bonds is 3. The molecule has 98 valence electrons. The van der Waals surface area contributed by atoms with Crippen molar-refractivity contribution in [3.05, 3.63) is 27.8 Å². The SMILES string of the molecule is CC(C)n1nc(-c2ccc([N+](=O)[O-])o2)c(C#N)c1N. The van der Waals surface area contributed by atoms with Gasteiger partial charge in [-0.3, -0.25) is 10.1 Å². The third-order valence-electron chi connectivity index (χ3n) is 2.55. The van der Waals surface area contributed by atoms with E-state index in [-0.39, 0.29) is 28.9 Å². The molecular formula is C11H11N5O3. The van der Waals surface area contributed by atoms with Gasteiger partial charge in [-0.05, 0) is 19.9 Å². The van der Waals surface area contributed by atoms with Crippen LogP contribution in [0.1, 0.15) is 25.5 Å². The summed E-state index contributed by atoms with van der Waals surface area (Å²) in [6, 6.07) is 4.51. The van der Waals surface area contributed by atoms with Crippen LogP contribution < -0.4 is 5.73 Å². The van der Waals surface area contributed by atoms with Crippen molar-refractivity contribution < 1.29 is 9.34 Å². The molecule has 0 saturated carbocycles. The predicted molar refractivity (Wildman–Crippen MR) is 66.1 cm³/mol. The Balaban J connectivity index is 2.58. The molecule has 2 heterocycles. The van der Waals surface area contributed by atoms with Crippen molar-refractivity contribution >= 4 is 11.7 Å². The van der Waals surface area contributed by atoms with Crippen LogP contribution in [-0.2, 0) is 0 Å². The summed E-state index contributed by atoms with van der Waals surface area (Å²) in [7, 11) is 0. The smallest absolute Gasteiger partial charge is 0.399 e. The summed E-state index contributed by atoms with van der Waals surface area (Å²) in [6.07, 6.45) is 0. The van der Waals surface area contributed by atoms with Gasteiger partial charge in [0.25, 0.3) is 0 Å². The number of anilines is 1. The van der Waals surface area contributed by atoms with E-state index in [1.54, 1.807) is 0 Å². The van der Waals surface area contributed by atoms with Gasteiger partial charge in [-0.15, -0.1) is 0 Å². The first-order valence-corrected chi connectivity index (χ1v) is 5.48. The molecule has 2 aromatic heterocycles. The van der Waals surface area contributed by atoms with E-state index in [1.807, 2.05) is 19.9 Å². The standard InChI is InChI=1S/C11H11N5O3/c1-6(2)15-11(13)7(5-12)10(14-15)8-3-4-9(19-8)16(17)18/h3-4,6H,13H2,1-2H3. The lowest BCUT2D eigenvalue weighted by Gasteiger charge is -2.06. The van der Waals surface area contributed by atoms with Crippen LogP contribution in [0.3, 0.4) is 0 Å². The molecule has 0 unspecified atom stereocenters. The van der Waals surface area contributed by atoms with Crippen molar-refractivity contribution in [2.45, 2.75) is 19.9 Å². The zero-order valence-corrected chi connectivity index (χ0v) is 10.3. The fraction of sp³-hybridized carbons (Fsp3) is 0.273.